The molecule has 4 rings (SSSR count). The highest BCUT2D eigenvalue weighted by Crippen LogP contribution is 2.51. The van der Waals surface area contributed by atoms with Crippen molar-refractivity contribution in [2.45, 2.75) is 32.2 Å². The lowest BCUT2D eigenvalue weighted by molar-refractivity contribution is 0.240. The van der Waals surface area contributed by atoms with Crippen molar-refractivity contribution in [2.24, 2.45) is 5.41 Å². The van der Waals surface area contributed by atoms with Crippen LogP contribution < -0.4 is 0 Å². The second-order valence-corrected chi connectivity index (χ2v) is 7.58. The van der Waals surface area contributed by atoms with Crippen LogP contribution in [0.5, 0.6) is 0 Å². The Kier molecular flexibility index (Phi) is 3.51. The van der Waals surface area contributed by atoms with E-state index in [1.807, 2.05) is 6.07 Å². The van der Waals surface area contributed by atoms with E-state index in [-0.39, 0.29) is 0 Å². The van der Waals surface area contributed by atoms with Crippen LogP contribution in [0.4, 0.5) is 0 Å². The van der Waals surface area contributed by atoms with Gasteiger partial charge in [0.05, 0.1) is 0 Å². The fourth-order valence-electron chi connectivity index (χ4n) is 4.43. The Morgan fingerprint density at radius 1 is 1.14 bits per heavy atom. The lowest BCUT2D eigenvalue weighted by Gasteiger charge is -2.37. The molecule has 0 bridgehead atoms. The Hall–Kier alpha value is -1.31. The first kappa shape index (κ1) is 14.3. The summed E-state index contributed by atoms with van der Waals surface area (Å²) in [6, 6.07) is 17.3. The molecular weight excluding hydrogens is 290 g/mol. The molecule has 0 radical (unpaired) electrons. The highest BCUT2D eigenvalue weighted by Gasteiger charge is 2.46. The van der Waals surface area contributed by atoms with E-state index in [0.717, 1.165) is 24.5 Å². The fourth-order valence-corrected chi connectivity index (χ4v) is 4.71. The van der Waals surface area contributed by atoms with Gasteiger partial charge in [-0.3, -0.25) is 4.90 Å². The summed E-state index contributed by atoms with van der Waals surface area (Å²) in [5.74, 6) is 0.624. The van der Waals surface area contributed by atoms with Crippen molar-refractivity contribution in [3.05, 3.63) is 70.2 Å². The summed E-state index contributed by atoms with van der Waals surface area (Å²) in [5.41, 5.74) is 4.70. The zero-order valence-electron chi connectivity index (χ0n) is 13.1. The number of hydrogen-bond donors (Lipinski definition) is 0. The molecule has 2 heteroatoms. The quantitative estimate of drug-likeness (QED) is 0.763. The van der Waals surface area contributed by atoms with Crippen molar-refractivity contribution < 1.29 is 0 Å². The van der Waals surface area contributed by atoms with Crippen molar-refractivity contribution >= 4 is 11.6 Å². The van der Waals surface area contributed by atoms with Crippen LogP contribution in [-0.2, 0) is 13.0 Å². The van der Waals surface area contributed by atoms with Crippen molar-refractivity contribution in [2.75, 3.05) is 13.1 Å². The van der Waals surface area contributed by atoms with Crippen LogP contribution in [0.3, 0.4) is 0 Å². The van der Waals surface area contributed by atoms with Crippen LogP contribution >= 0.6 is 11.6 Å². The molecule has 0 spiro atoms. The van der Waals surface area contributed by atoms with E-state index in [9.17, 15) is 0 Å². The van der Waals surface area contributed by atoms with E-state index >= 15 is 0 Å². The lowest BCUT2D eigenvalue weighted by Crippen LogP contribution is -2.30. The minimum Gasteiger partial charge on any atom is -0.298 e. The van der Waals surface area contributed by atoms with Gasteiger partial charge in [-0.2, -0.15) is 0 Å². The van der Waals surface area contributed by atoms with Crippen LogP contribution in [0.15, 0.2) is 48.5 Å². The Bertz CT molecular complexity index is 681. The highest BCUT2D eigenvalue weighted by molar-refractivity contribution is 6.31. The maximum absolute atomic E-state index is 6.43. The molecule has 0 N–H and O–H groups in total. The summed E-state index contributed by atoms with van der Waals surface area (Å²) in [6.45, 7) is 5.87. The molecule has 114 valence electrons. The van der Waals surface area contributed by atoms with E-state index < -0.39 is 0 Å². The first-order valence-electron chi connectivity index (χ1n) is 8.19. The van der Waals surface area contributed by atoms with Gasteiger partial charge in [-0.05, 0) is 41.0 Å². The summed E-state index contributed by atoms with van der Waals surface area (Å²) < 4.78 is 0. The first-order valence-corrected chi connectivity index (χ1v) is 8.57. The van der Waals surface area contributed by atoms with Gasteiger partial charge in [-0.1, -0.05) is 61.0 Å². The molecule has 2 aromatic carbocycles. The molecular formula is C20H22ClN. The van der Waals surface area contributed by atoms with E-state index in [1.165, 1.54) is 29.7 Å². The molecule has 2 aromatic rings. The van der Waals surface area contributed by atoms with Crippen LogP contribution in [0, 0.1) is 5.41 Å². The van der Waals surface area contributed by atoms with Gasteiger partial charge in [0.1, 0.15) is 0 Å². The number of likely N-dealkylation sites (tertiary alicyclic amines) is 1. The SMILES string of the molecule is CC12CCc3c(Cl)cccc3C1CN(Cc1ccccc1)C2. The number of fused-ring (bicyclic) bond motifs is 3. The van der Waals surface area contributed by atoms with Crippen molar-refractivity contribution in [1.82, 2.24) is 4.90 Å². The number of hydrogen-bond acceptors (Lipinski definition) is 1. The van der Waals surface area contributed by atoms with Gasteiger partial charge < -0.3 is 0 Å². The molecule has 1 aliphatic carbocycles. The fraction of sp³-hybridized carbons (Fsp3) is 0.400. The van der Waals surface area contributed by atoms with Gasteiger partial charge in [0, 0.05) is 30.6 Å². The number of rotatable bonds is 2. The maximum atomic E-state index is 6.43. The summed E-state index contributed by atoms with van der Waals surface area (Å²) in [6.07, 6.45) is 2.38. The molecule has 0 aromatic heterocycles. The molecule has 1 nitrogen and oxygen atoms in total. The number of halogens is 1. The van der Waals surface area contributed by atoms with Gasteiger partial charge in [-0.25, -0.2) is 0 Å². The van der Waals surface area contributed by atoms with Gasteiger partial charge >= 0.3 is 0 Å². The molecule has 0 saturated carbocycles. The van der Waals surface area contributed by atoms with Crippen LogP contribution in [-0.4, -0.2) is 18.0 Å². The summed E-state index contributed by atoms with van der Waals surface area (Å²) >= 11 is 6.43. The Labute approximate surface area is 137 Å². The number of benzene rings is 2. The number of nitrogens with zero attached hydrogens (tertiary/aromatic N) is 1. The Morgan fingerprint density at radius 3 is 2.77 bits per heavy atom. The van der Waals surface area contributed by atoms with E-state index in [1.54, 1.807) is 0 Å². The largest absolute Gasteiger partial charge is 0.298 e. The normalized spacial score (nSPS) is 27.5. The zero-order chi connectivity index (χ0) is 15.2. The van der Waals surface area contributed by atoms with Gasteiger partial charge in [0.15, 0.2) is 0 Å². The smallest absolute Gasteiger partial charge is 0.0440 e. The first-order chi connectivity index (χ1) is 10.7. The van der Waals surface area contributed by atoms with E-state index in [4.69, 9.17) is 11.6 Å². The summed E-state index contributed by atoms with van der Waals surface area (Å²) in [7, 11) is 0. The monoisotopic (exact) mass is 311 g/mol. The second-order valence-electron chi connectivity index (χ2n) is 7.17. The third kappa shape index (κ3) is 2.37. The molecule has 2 unspecified atom stereocenters. The molecule has 0 amide bonds. The molecule has 1 fully saturated rings. The zero-order valence-corrected chi connectivity index (χ0v) is 13.8. The van der Waals surface area contributed by atoms with Crippen molar-refractivity contribution in [3.63, 3.8) is 0 Å². The Morgan fingerprint density at radius 2 is 1.95 bits per heavy atom. The van der Waals surface area contributed by atoms with Crippen LogP contribution in [0.1, 0.15) is 36.0 Å². The molecule has 2 aliphatic rings. The lowest BCUT2D eigenvalue weighted by atomic mass is 9.67. The average Bonchev–Trinajstić information content (AvgIpc) is 2.85. The predicted molar refractivity (Wildman–Crippen MR) is 92.3 cm³/mol. The minimum absolute atomic E-state index is 0.395. The standard InChI is InChI=1S/C20H22ClN/c1-20-11-10-17-16(8-5-9-19(17)21)18(20)13-22(14-20)12-15-6-3-2-4-7-15/h2-9,18H,10-14H2,1H3. The van der Waals surface area contributed by atoms with Gasteiger partial charge in [0.2, 0.25) is 0 Å². The second kappa shape index (κ2) is 5.40. The van der Waals surface area contributed by atoms with Crippen molar-refractivity contribution in [1.29, 1.82) is 0 Å². The molecule has 1 heterocycles. The summed E-state index contributed by atoms with van der Waals surface area (Å²) in [4.78, 5) is 2.62. The van der Waals surface area contributed by atoms with Gasteiger partial charge in [-0.15, -0.1) is 0 Å². The third-order valence-electron chi connectivity index (χ3n) is 5.59. The van der Waals surface area contributed by atoms with Gasteiger partial charge in [0.25, 0.3) is 0 Å². The van der Waals surface area contributed by atoms with Crippen LogP contribution in [0.25, 0.3) is 0 Å². The predicted octanol–water partition coefficient (Wildman–Crippen LogP) is 4.89. The van der Waals surface area contributed by atoms with E-state index in [2.05, 4.69) is 54.3 Å². The average molecular weight is 312 g/mol. The topological polar surface area (TPSA) is 3.24 Å². The van der Waals surface area contributed by atoms with Crippen molar-refractivity contribution in [3.8, 4) is 0 Å². The summed E-state index contributed by atoms with van der Waals surface area (Å²) in [5, 5.41) is 0.959. The molecule has 1 saturated heterocycles. The molecule has 1 aliphatic heterocycles. The molecule has 2 atom stereocenters. The highest BCUT2D eigenvalue weighted by atomic mass is 35.5. The minimum atomic E-state index is 0.395. The molecule has 22 heavy (non-hydrogen) atoms. The maximum Gasteiger partial charge on any atom is 0.0440 e. The van der Waals surface area contributed by atoms with Crippen LogP contribution in [0.2, 0.25) is 5.02 Å². The Balaban J connectivity index is 1.61. The third-order valence-corrected chi connectivity index (χ3v) is 5.95. The van der Waals surface area contributed by atoms with E-state index in [0.29, 0.717) is 11.3 Å².